The van der Waals surface area contributed by atoms with E-state index in [0.717, 1.165) is 62.0 Å². The summed E-state index contributed by atoms with van der Waals surface area (Å²) in [5, 5.41) is 5.24. The highest BCUT2D eigenvalue weighted by atomic mass is 19.1. The average Bonchev–Trinajstić information content (AvgIpc) is 2.68. The van der Waals surface area contributed by atoms with Crippen LogP contribution in [0.15, 0.2) is 48.7 Å². The minimum Gasteiger partial charge on any atom is -0.379 e. The highest BCUT2D eigenvalue weighted by Crippen LogP contribution is 2.32. The summed E-state index contributed by atoms with van der Waals surface area (Å²) < 4.78 is 32.7. The van der Waals surface area contributed by atoms with E-state index in [4.69, 9.17) is 4.74 Å². The van der Waals surface area contributed by atoms with E-state index in [1.54, 1.807) is 6.20 Å². The van der Waals surface area contributed by atoms with Gasteiger partial charge in [0.1, 0.15) is 17.5 Å². The van der Waals surface area contributed by atoms with Crippen LogP contribution in [0.25, 0.3) is 21.9 Å². The first-order chi connectivity index (χ1) is 13.2. The Morgan fingerprint density at radius 1 is 1.00 bits per heavy atom. The molecule has 4 nitrogen and oxygen atoms in total. The van der Waals surface area contributed by atoms with Gasteiger partial charge in [-0.2, -0.15) is 0 Å². The zero-order valence-electron chi connectivity index (χ0n) is 14.9. The zero-order valence-corrected chi connectivity index (χ0v) is 14.9. The van der Waals surface area contributed by atoms with Crippen molar-refractivity contribution in [3.05, 3.63) is 60.3 Å². The molecule has 1 N–H and O–H groups in total. The van der Waals surface area contributed by atoms with Crippen molar-refractivity contribution in [3.63, 3.8) is 0 Å². The van der Waals surface area contributed by atoms with Crippen LogP contribution in [0, 0.1) is 11.6 Å². The maximum absolute atomic E-state index is 13.7. The van der Waals surface area contributed by atoms with E-state index in [0.29, 0.717) is 11.1 Å². The lowest BCUT2D eigenvalue weighted by molar-refractivity contribution is 0.0398. The average molecular weight is 369 g/mol. The number of nitrogens with zero attached hydrogens (tertiary/aromatic N) is 2. The zero-order chi connectivity index (χ0) is 18.6. The Morgan fingerprint density at radius 3 is 2.44 bits per heavy atom. The molecule has 0 atom stereocenters. The summed E-state index contributed by atoms with van der Waals surface area (Å²) in [4.78, 5) is 6.88. The molecule has 4 rings (SSSR count). The van der Waals surface area contributed by atoms with E-state index < -0.39 is 11.6 Å². The lowest BCUT2D eigenvalue weighted by atomic mass is 10.00. The second-order valence-electron chi connectivity index (χ2n) is 6.60. The van der Waals surface area contributed by atoms with Gasteiger partial charge >= 0.3 is 0 Å². The van der Waals surface area contributed by atoms with Crippen LogP contribution in [0.3, 0.4) is 0 Å². The number of hydrogen-bond acceptors (Lipinski definition) is 4. The number of hydrogen-bond donors (Lipinski definition) is 1. The SMILES string of the molecule is Fc1cc(F)cc(-c2cnc(NCCN3CCOCC3)c3ccccc23)c1. The molecule has 0 saturated carbocycles. The second-order valence-corrected chi connectivity index (χ2v) is 6.60. The van der Waals surface area contributed by atoms with Gasteiger partial charge in [0.15, 0.2) is 0 Å². The number of halogens is 2. The highest BCUT2D eigenvalue weighted by molar-refractivity contribution is 6.01. The maximum Gasteiger partial charge on any atom is 0.133 e. The van der Waals surface area contributed by atoms with Crippen molar-refractivity contribution in [2.24, 2.45) is 0 Å². The molecule has 1 fully saturated rings. The molecule has 0 bridgehead atoms. The third-order valence-electron chi connectivity index (χ3n) is 4.79. The van der Waals surface area contributed by atoms with Gasteiger partial charge in [-0.3, -0.25) is 4.90 Å². The molecule has 27 heavy (non-hydrogen) atoms. The number of fused-ring (bicyclic) bond motifs is 1. The van der Waals surface area contributed by atoms with E-state index in [9.17, 15) is 8.78 Å². The van der Waals surface area contributed by atoms with Gasteiger partial charge in [-0.15, -0.1) is 0 Å². The molecule has 0 amide bonds. The van der Waals surface area contributed by atoms with Crippen molar-refractivity contribution in [3.8, 4) is 11.1 Å². The van der Waals surface area contributed by atoms with Crippen LogP contribution >= 0.6 is 0 Å². The fraction of sp³-hybridized carbons (Fsp3) is 0.286. The van der Waals surface area contributed by atoms with E-state index in [1.165, 1.54) is 12.1 Å². The molecule has 6 heteroatoms. The number of nitrogens with one attached hydrogen (secondary N) is 1. The second kappa shape index (κ2) is 7.98. The predicted molar refractivity (Wildman–Crippen MR) is 103 cm³/mol. The van der Waals surface area contributed by atoms with Crippen LogP contribution in [0.2, 0.25) is 0 Å². The van der Waals surface area contributed by atoms with Crippen molar-refractivity contribution in [2.45, 2.75) is 0 Å². The predicted octanol–water partition coefficient (Wildman–Crippen LogP) is 3.92. The molecule has 2 heterocycles. The molecule has 3 aromatic rings. The lowest BCUT2D eigenvalue weighted by Gasteiger charge is -2.26. The van der Waals surface area contributed by atoms with Crippen molar-refractivity contribution in [2.75, 3.05) is 44.7 Å². The fourth-order valence-electron chi connectivity index (χ4n) is 3.43. The van der Waals surface area contributed by atoms with Crippen molar-refractivity contribution >= 4 is 16.6 Å². The van der Waals surface area contributed by atoms with Crippen LogP contribution in [0.5, 0.6) is 0 Å². The number of anilines is 1. The molecule has 1 saturated heterocycles. The van der Waals surface area contributed by atoms with Gasteiger partial charge in [0.2, 0.25) is 0 Å². The van der Waals surface area contributed by atoms with Gasteiger partial charge in [0, 0.05) is 49.4 Å². The number of rotatable bonds is 5. The van der Waals surface area contributed by atoms with Crippen LogP contribution < -0.4 is 5.32 Å². The third-order valence-corrected chi connectivity index (χ3v) is 4.79. The Morgan fingerprint density at radius 2 is 1.70 bits per heavy atom. The minimum atomic E-state index is -0.596. The first-order valence-electron chi connectivity index (χ1n) is 9.09. The highest BCUT2D eigenvalue weighted by Gasteiger charge is 2.12. The lowest BCUT2D eigenvalue weighted by Crippen LogP contribution is -2.39. The molecular weight excluding hydrogens is 348 g/mol. The number of pyridine rings is 1. The summed E-state index contributed by atoms with van der Waals surface area (Å²) in [6.07, 6.45) is 1.67. The van der Waals surface area contributed by atoms with Gasteiger partial charge in [-0.25, -0.2) is 13.8 Å². The number of benzene rings is 2. The summed E-state index contributed by atoms with van der Waals surface area (Å²) in [5.74, 6) is -0.414. The monoisotopic (exact) mass is 369 g/mol. The van der Waals surface area contributed by atoms with Gasteiger partial charge in [-0.05, 0) is 23.1 Å². The topological polar surface area (TPSA) is 37.4 Å². The molecule has 0 aliphatic carbocycles. The summed E-state index contributed by atoms with van der Waals surface area (Å²) >= 11 is 0. The number of morpholine rings is 1. The Kier molecular flexibility index (Phi) is 5.27. The number of aromatic nitrogens is 1. The van der Waals surface area contributed by atoms with Crippen LogP contribution in [0.4, 0.5) is 14.6 Å². The van der Waals surface area contributed by atoms with Crippen LogP contribution in [0.1, 0.15) is 0 Å². The number of ether oxygens (including phenoxy) is 1. The van der Waals surface area contributed by atoms with E-state index >= 15 is 0 Å². The Bertz CT molecular complexity index is 922. The molecule has 0 spiro atoms. The van der Waals surface area contributed by atoms with Gasteiger partial charge in [-0.1, -0.05) is 24.3 Å². The molecule has 1 aromatic heterocycles. The van der Waals surface area contributed by atoms with E-state index in [-0.39, 0.29) is 0 Å². The maximum atomic E-state index is 13.7. The van der Waals surface area contributed by atoms with Gasteiger partial charge < -0.3 is 10.1 Å². The molecule has 2 aromatic carbocycles. The fourth-order valence-corrected chi connectivity index (χ4v) is 3.43. The van der Waals surface area contributed by atoms with Gasteiger partial charge in [0.25, 0.3) is 0 Å². The van der Waals surface area contributed by atoms with Crippen molar-refractivity contribution < 1.29 is 13.5 Å². The molecular formula is C21H21F2N3O. The smallest absolute Gasteiger partial charge is 0.133 e. The largest absolute Gasteiger partial charge is 0.379 e. The Hall–Kier alpha value is -2.57. The quantitative estimate of drug-likeness (QED) is 0.740. The van der Waals surface area contributed by atoms with Gasteiger partial charge in [0.05, 0.1) is 13.2 Å². The van der Waals surface area contributed by atoms with Crippen molar-refractivity contribution in [1.82, 2.24) is 9.88 Å². The Labute approximate surface area is 156 Å². The summed E-state index contributed by atoms with van der Waals surface area (Å²) in [7, 11) is 0. The minimum absolute atomic E-state index is 0.482. The summed E-state index contributed by atoms with van der Waals surface area (Å²) in [6, 6.07) is 11.3. The normalized spacial score (nSPS) is 15.2. The molecule has 140 valence electrons. The van der Waals surface area contributed by atoms with Crippen LogP contribution in [-0.4, -0.2) is 49.3 Å². The van der Waals surface area contributed by atoms with E-state index in [2.05, 4.69) is 15.2 Å². The molecule has 1 aliphatic rings. The molecule has 0 radical (unpaired) electrons. The van der Waals surface area contributed by atoms with E-state index in [1.807, 2.05) is 24.3 Å². The first-order valence-corrected chi connectivity index (χ1v) is 9.09. The molecule has 1 aliphatic heterocycles. The first kappa shape index (κ1) is 17.8. The molecule has 0 unspecified atom stereocenters. The Balaban J connectivity index is 1.60. The van der Waals surface area contributed by atoms with Crippen LogP contribution in [-0.2, 0) is 4.74 Å². The summed E-state index contributed by atoms with van der Waals surface area (Å²) in [6.45, 7) is 5.13. The third kappa shape index (κ3) is 4.07. The van der Waals surface area contributed by atoms with Crippen molar-refractivity contribution in [1.29, 1.82) is 0 Å². The summed E-state index contributed by atoms with van der Waals surface area (Å²) in [5.41, 5.74) is 1.19. The standard InChI is InChI=1S/C21H21F2N3O/c22-16-11-15(12-17(23)13-16)20-14-25-21(19-4-2-1-3-18(19)20)24-5-6-26-7-9-27-10-8-26/h1-4,11-14H,5-10H2,(H,24,25).